The highest BCUT2D eigenvalue weighted by Crippen LogP contribution is 2.28. The van der Waals surface area contributed by atoms with Crippen LogP contribution in [0.3, 0.4) is 0 Å². The number of aryl methyl sites for hydroxylation is 1. The number of carbonyl (C=O) groups excluding carboxylic acids is 2. The predicted molar refractivity (Wildman–Crippen MR) is 149 cm³/mol. The summed E-state index contributed by atoms with van der Waals surface area (Å²) in [6, 6.07) is 12.5. The Hall–Kier alpha value is -2.58. The molecule has 1 fully saturated rings. The van der Waals surface area contributed by atoms with E-state index in [9.17, 15) is 18.0 Å². The summed E-state index contributed by atoms with van der Waals surface area (Å²) in [5.74, 6) is -0.342. The van der Waals surface area contributed by atoms with E-state index in [0.717, 1.165) is 43.1 Å². The molecule has 1 atom stereocenters. The zero-order chi connectivity index (χ0) is 27.2. The third-order valence-electron chi connectivity index (χ3n) is 7.00. The number of benzene rings is 2. The molecule has 3 rings (SSSR count). The Kier molecular flexibility index (Phi) is 10.0. The third kappa shape index (κ3) is 7.95. The third-order valence-corrected chi connectivity index (χ3v) is 8.59. The molecule has 202 valence electrons. The van der Waals surface area contributed by atoms with Crippen LogP contribution in [0.15, 0.2) is 42.5 Å². The molecule has 1 aliphatic rings. The Balaban J connectivity index is 1.73. The molecule has 37 heavy (non-hydrogen) atoms. The van der Waals surface area contributed by atoms with Crippen molar-refractivity contribution in [3.05, 3.63) is 64.2 Å². The summed E-state index contributed by atoms with van der Waals surface area (Å²) in [6.07, 6.45) is 5.71. The fraction of sp³-hybridized carbons (Fsp3) is 0.500. The van der Waals surface area contributed by atoms with Gasteiger partial charge in [-0.2, -0.15) is 0 Å². The molecule has 0 saturated heterocycles. The first-order valence-electron chi connectivity index (χ1n) is 12.9. The van der Waals surface area contributed by atoms with Crippen molar-refractivity contribution < 1.29 is 18.0 Å². The highest BCUT2D eigenvalue weighted by Gasteiger charge is 2.29. The van der Waals surface area contributed by atoms with Gasteiger partial charge in [-0.1, -0.05) is 60.3 Å². The number of sulfonamides is 1. The molecule has 1 unspecified atom stereocenters. The first kappa shape index (κ1) is 29.0. The summed E-state index contributed by atoms with van der Waals surface area (Å²) in [5.41, 5.74) is 3.22. The van der Waals surface area contributed by atoms with Crippen molar-refractivity contribution in [3.8, 4) is 0 Å². The van der Waals surface area contributed by atoms with Gasteiger partial charge in [0.1, 0.15) is 6.04 Å². The van der Waals surface area contributed by atoms with Gasteiger partial charge < -0.3 is 10.2 Å². The number of amides is 2. The zero-order valence-corrected chi connectivity index (χ0v) is 23.7. The molecule has 2 aromatic rings. The number of nitrogens with zero attached hydrogens (tertiary/aromatic N) is 2. The maximum absolute atomic E-state index is 13.4. The molecular weight excluding hydrogens is 510 g/mol. The molecule has 0 spiro atoms. The zero-order valence-electron chi connectivity index (χ0n) is 22.2. The lowest BCUT2D eigenvalue weighted by atomic mass is 10.1. The summed E-state index contributed by atoms with van der Waals surface area (Å²) in [4.78, 5) is 28.1. The SMILES string of the molecule is Cc1ccc(CN(C(=O)CCCN(c2cccc(Cl)c2C)S(C)(=O)=O)C(C)C(=O)NC2CCCC2)cc1. The molecule has 9 heteroatoms. The second-order valence-electron chi connectivity index (χ2n) is 10.00. The van der Waals surface area contributed by atoms with Crippen molar-refractivity contribution in [2.24, 2.45) is 0 Å². The van der Waals surface area contributed by atoms with E-state index in [2.05, 4.69) is 5.32 Å². The molecule has 1 aliphatic carbocycles. The summed E-state index contributed by atoms with van der Waals surface area (Å²) in [6.45, 7) is 5.97. The lowest BCUT2D eigenvalue weighted by Gasteiger charge is -2.30. The second-order valence-corrected chi connectivity index (χ2v) is 12.3. The fourth-order valence-corrected chi connectivity index (χ4v) is 5.90. The van der Waals surface area contributed by atoms with Crippen molar-refractivity contribution in [1.29, 1.82) is 0 Å². The van der Waals surface area contributed by atoms with Crippen molar-refractivity contribution in [2.75, 3.05) is 17.1 Å². The Labute approximate surface area is 226 Å². The lowest BCUT2D eigenvalue weighted by Crippen LogP contribution is -2.49. The van der Waals surface area contributed by atoms with Gasteiger partial charge in [0.2, 0.25) is 21.8 Å². The van der Waals surface area contributed by atoms with Gasteiger partial charge in [0.05, 0.1) is 11.9 Å². The molecule has 0 aromatic heterocycles. The molecule has 0 aliphatic heterocycles. The van der Waals surface area contributed by atoms with E-state index in [1.165, 1.54) is 4.31 Å². The Bertz CT molecular complexity index is 1190. The van der Waals surface area contributed by atoms with Gasteiger partial charge >= 0.3 is 0 Å². The molecule has 0 heterocycles. The van der Waals surface area contributed by atoms with Gasteiger partial charge in [-0.3, -0.25) is 13.9 Å². The minimum absolute atomic E-state index is 0.110. The molecular formula is C28H38ClN3O4S. The number of anilines is 1. The average molecular weight is 548 g/mol. The van der Waals surface area contributed by atoms with E-state index in [-0.39, 0.29) is 30.8 Å². The van der Waals surface area contributed by atoms with Crippen LogP contribution in [0.2, 0.25) is 5.02 Å². The summed E-state index contributed by atoms with van der Waals surface area (Å²) in [5, 5.41) is 3.58. The largest absolute Gasteiger partial charge is 0.352 e. The highest BCUT2D eigenvalue weighted by atomic mass is 35.5. The number of rotatable bonds is 11. The van der Waals surface area contributed by atoms with Gasteiger partial charge in [-0.25, -0.2) is 8.42 Å². The molecule has 1 saturated carbocycles. The van der Waals surface area contributed by atoms with Crippen LogP contribution < -0.4 is 9.62 Å². The first-order valence-corrected chi connectivity index (χ1v) is 15.1. The van der Waals surface area contributed by atoms with Gasteiger partial charge in [-0.05, 0) is 63.3 Å². The van der Waals surface area contributed by atoms with Crippen LogP contribution in [-0.4, -0.2) is 50.0 Å². The second kappa shape index (κ2) is 12.8. The minimum atomic E-state index is -3.59. The normalized spacial score (nSPS) is 14.8. The Morgan fingerprint density at radius 2 is 1.73 bits per heavy atom. The summed E-state index contributed by atoms with van der Waals surface area (Å²) < 4.78 is 26.4. The maximum Gasteiger partial charge on any atom is 0.242 e. The van der Waals surface area contributed by atoms with Gasteiger partial charge in [0.15, 0.2) is 0 Å². The number of halogens is 1. The fourth-order valence-electron chi connectivity index (χ4n) is 4.71. The van der Waals surface area contributed by atoms with Crippen molar-refractivity contribution in [3.63, 3.8) is 0 Å². The van der Waals surface area contributed by atoms with Crippen LogP contribution in [0.5, 0.6) is 0 Å². The Morgan fingerprint density at radius 1 is 1.08 bits per heavy atom. The highest BCUT2D eigenvalue weighted by molar-refractivity contribution is 7.92. The van der Waals surface area contributed by atoms with Crippen molar-refractivity contribution >= 4 is 39.1 Å². The van der Waals surface area contributed by atoms with E-state index >= 15 is 0 Å². The molecule has 2 aromatic carbocycles. The molecule has 1 N–H and O–H groups in total. The maximum atomic E-state index is 13.4. The molecule has 7 nitrogen and oxygen atoms in total. The molecule has 0 bridgehead atoms. The Morgan fingerprint density at radius 3 is 2.35 bits per heavy atom. The van der Waals surface area contributed by atoms with Crippen LogP contribution >= 0.6 is 11.6 Å². The van der Waals surface area contributed by atoms with Crippen LogP contribution in [0.4, 0.5) is 5.69 Å². The first-order chi connectivity index (χ1) is 17.5. The van der Waals surface area contributed by atoms with E-state index in [4.69, 9.17) is 11.6 Å². The standard InChI is InChI=1S/C28H38ClN3O4S/c1-20-14-16-23(17-15-20)19-31(22(3)28(34)30-24-9-5-6-10-24)27(33)13-8-18-32(37(4,35)36)26-12-7-11-25(29)21(26)2/h7,11-12,14-17,22,24H,5-6,8-10,13,18-19H2,1-4H3,(H,30,34). The molecule has 0 radical (unpaired) electrons. The summed E-state index contributed by atoms with van der Waals surface area (Å²) in [7, 11) is -3.59. The topological polar surface area (TPSA) is 86.8 Å². The van der Waals surface area contributed by atoms with E-state index in [0.29, 0.717) is 29.2 Å². The smallest absolute Gasteiger partial charge is 0.242 e. The quantitative estimate of drug-likeness (QED) is 0.430. The van der Waals surface area contributed by atoms with Gasteiger partial charge in [-0.15, -0.1) is 0 Å². The van der Waals surface area contributed by atoms with E-state index < -0.39 is 16.1 Å². The number of nitrogens with one attached hydrogen (secondary N) is 1. The van der Waals surface area contributed by atoms with Crippen molar-refractivity contribution in [2.45, 2.75) is 77.9 Å². The lowest BCUT2D eigenvalue weighted by molar-refractivity contribution is -0.141. The minimum Gasteiger partial charge on any atom is -0.352 e. The monoisotopic (exact) mass is 547 g/mol. The molecule has 2 amide bonds. The van der Waals surface area contributed by atoms with Gasteiger partial charge in [0.25, 0.3) is 0 Å². The van der Waals surface area contributed by atoms with Crippen LogP contribution in [0.25, 0.3) is 0 Å². The number of hydrogen-bond acceptors (Lipinski definition) is 4. The number of hydrogen-bond donors (Lipinski definition) is 1. The average Bonchev–Trinajstić information content (AvgIpc) is 3.35. The van der Waals surface area contributed by atoms with Crippen LogP contribution in [0.1, 0.15) is 62.1 Å². The van der Waals surface area contributed by atoms with E-state index in [1.807, 2.05) is 31.2 Å². The van der Waals surface area contributed by atoms with Crippen LogP contribution in [0, 0.1) is 13.8 Å². The summed E-state index contributed by atoms with van der Waals surface area (Å²) >= 11 is 6.23. The van der Waals surface area contributed by atoms with Crippen LogP contribution in [-0.2, 0) is 26.2 Å². The van der Waals surface area contributed by atoms with Gasteiger partial charge in [0, 0.05) is 30.6 Å². The predicted octanol–water partition coefficient (Wildman–Crippen LogP) is 4.98. The number of carbonyl (C=O) groups is 2. The van der Waals surface area contributed by atoms with Crippen molar-refractivity contribution in [1.82, 2.24) is 10.2 Å². The van der Waals surface area contributed by atoms with E-state index in [1.54, 1.807) is 36.9 Å².